The van der Waals surface area contributed by atoms with E-state index in [2.05, 4.69) is 19.2 Å². The van der Waals surface area contributed by atoms with E-state index < -0.39 is 0 Å². The number of amides is 1. The third-order valence-corrected chi connectivity index (χ3v) is 2.90. The van der Waals surface area contributed by atoms with Gasteiger partial charge in [0.25, 0.3) is 0 Å². The molecule has 0 aromatic heterocycles. The fraction of sp³-hybridized carbons (Fsp3) is 0.900. The molecule has 13 heavy (non-hydrogen) atoms. The number of hydrogen-bond donors (Lipinski definition) is 1. The summed E-state index contributed by atoms with van der Waals surface area (Å²) in [5.41, 5.74) is 0. The number of nitrogens with zero attached hydrogens (tertiary/aromatic N) is 1. The molecule has 3 heteroatoms. The van der Waals surface area contributed by atoms with Crippen molar-refractivity contribution < 1.29 is 4.79 Å². The molecule has 1 N–H and O–H groups in total. The summed E-state index contributed by atoms with van der Waals surface area (Å²) in [6.45, 7) is 8.98. The Kier molecular flexibility index (Phi) is 3.72. The SMILES string of the molecule is CCN1CC(C)C(C)NCCC1=O. The van der Waals surface area contributed by atoms with E-state index in [-0.39, 0.29) is 5.91 Å². The maximum Gasteiger partial charge on any atom is 0.223 e. The second-order valence-electron chi connectivity index (χ2n) is 3.90. The normalized spacial score (nSPS) is 31.3. The molecule has 1 aliphatic rings. The third-order valence-electron chi connectivity index (χ3n) is 2.90. The van der Waals surface area contributed by atoms with Gasteiger partial charge < -0.3 is 10.2 Å². The first-order valence-corrected chi connectivity index (χ1v) is 5.16. The van der Waals surface area contributed by atoms with E-state index in [1.54, 1.807) is 0 Å². The standard InChI is InChI=1S/C10H20N2O/c1-4-12-7-8(2)9(3)11-6-5-10(12)13/h8-9,11H,4-7H2,1-3H3. The number of rotatable bonds is 1. The zero-order valence-corrected chi connectivity index (χ0v) is 8.84. The molecule has 0 aromatic rings. The Bertz CT molecular complexity index is 182. The second-order valence-corrected chi connectivity index (χ2v) is 3.90. The van der Waals surface area contributed by atoms with Crippen molar-refractivity contribution >= 4 is 5.91 Å². The highest BCUT2D eigenvalue weighted by molar-refractivity contribution is 5.76. The summed E-state index contributed by atoms with van der Waals surface area (Å²) in [5, 5.41) is 3.36. The van der Waals surface area contributed by atoms with Crippen LogP contribution < -0.4 is 5.32 Å². The lowest BCUT2D eigenvalue weighted by Crippen LogP contribution is -2.46. The van der Waals surface area contributed by atoms with Gasteiger partial charge in [0.05, 0.1) is 0 Å². The predicted octanol–water partition coefficient (Wildman–Crippen LogP) is 0.853. The molecule has 1 saturated heterocycles. The smallest absolute Gasteiger partial charge is 0.223 e. The summed E-state index contributed by atoms with van der Waals surface area (Å²) in [7, 11) is 0. The van der Waals surface area contributed by atoms with Gasteiger partial charge in [-0.15, -0.1) is 0 Å². The van der Waals surface area contributed by atoms with Gasteiger partial charge in [-0.05, 0) is 19.8 Å². The lowest BCUT2D eigenvalue weighted by Gasteiger charge is -2.31. The molecule has 0 aliphatic carbocycles. The van der Waals surface area contributed by atoms with Crippen molar-refractivity contribution in [1.29, 1.82) is 0 Å². The Morgan fingerprint density at radius 1 is 1.54 bits per heavy atom. The number of hydrogen-bond acceptors (Lipinski definition) is 2. The minimum absolute atomic E-state index is 0.286. The van der Waals surface area contributed by atoms with Gasteiger partial charge in [0.1, 0.15) is 0 Å². The highest BCUT2D eigenvalue weighted by atomic mass is 16.2. The molecule has 0 bridgehead atoms. The fourth-order valence-electron chi connectivity index (χ4n) is 1.68. The van der Waals surface area contributed by atoms with Crippen LogP contribution in [0.1, 0.15) is 27.2 Å². The summed E-state index contributed by atoms with van der Waals surface area (Å²) in [4.78, 5) is 13.5. The van der Waals surface area contributed by atoms with E-state index in [9.17, 15) is 4.79 Å². The van der Waals surface area contributed by atoms with E-state index in [4.69, 9.17) is 0 Å². The van der Waals surface area contributed by atoms with Crippen LogP contribution in [0.5, 0.6) is 0 Å². The van der Waals surface area contributed by atoms with E-state index >= 15 is 0 Å². The van der Waals surface area contributed by atoms with Crippen LogP contribution in [-0.4, -0.2) is 36.5 Å². The Morgan fingerprint density at radius 3 is 2.85 bits per heavy atom. The van der Waals surface area contributed by atoms with Crippen molar-refractivity contribution in [1.82, 2.24) is 10.2 Å². The fourth-order valence-corrected chi connectivity index (χ4v) is 1.68. The van der Waals surface area contributed by atoms with E-state index in [1.165, 1.54) is 0 Å². The molecule has 76 valence electrons. The molecule has 1 fully saturated rings. The lowest BCUT2D eigenvalue weighted by molar-refractivity contribution is -0.132. The molecule has 2 unspecified atom stereocenters. The van der Waals surface area contributed by atoms with Crippen molar-refractivity contribution in [3.63, 3.8) is 0 Å². The Labute approximate surface area is 80.5 Å². The summed E-state index contributed by atoms with van der Waals surface area (Å²) in [6, 6.07) is 0.516. The molecule has 1 rings (SSSR count). The van der Waals surface area contributed by atoms with E-state index in [0.29, 0.717) is 18.4 Å². The van der Waals surface area contributed by atoms with Crippen LogP contribution in [0.25, 0.3) is 0 Å². The number of carbonyl (C=O) groups is 1. The van der Waals surface area contributed by atoms with Gasteiger partial charge >= 0.3 is 0 Å². The molecular formula is C10H20N2O. The van der Waals surface area contributed by atoms with Crippen molar-refractivity contribution in [2.75, 3.05) is 19.6 Å². The quantitative estimate of drug-likeness (QED) is 0.655. The van der Waals surface area contributed by atoms with Gasteiger partial charge in [-0.3, -0.25) is 4.79 Å². The van der Waals surface area contributed by atoms with Crippen LogP contribution in [0.4, 0.5) is 0 Å². The summed E-state index contributed by atoms with van der Waals surface area (Å²) >= 11 is 0. The average Bonchev–Trinajstić information content (AvgIpc) is 2.11. The molecule has 0 aromatic carbocycles. The van der Waals surface area contributed by atoms with Gasteiger partial charge in [0.15, 0.2) is 0 Å². The molecule has 1 heterocycles. The summed E-state index contributed by atoms with van der Waals surface area (Å²) < 4.78 is 0. The first-order valence-electron chi connectivity index (χ1n) is 5.16. The van der Waals surface area contributed by atoms with Crippen molar-refractivity contribution in [3.05, 3.63) is 0 Å². The average molecular weight is 184 g/mol. The van der Waals surface area contributed by atoms with Gasteiger partial charge in [0, 0.05) is 32.1 Å². The zero-order valence-electron chi connectivity index (χ0n) is 8.84. The minimum atomic E-state index is 0.286. The summed E-state index contributed by atoms with van der Waals surface area (Å²) in [5.74, 6) is 0.831. The van der Waals surface area contributed by atoms with Gasteiger partial charge in [-0.2, -0.15) is 0 Å². The highest BCUT2D eigenvalue weighted by Crippen LogP contribution is 2.09. The zero-order chi connectivity index (χ0) is 9.84. The monoisotopic (exact) mass is 184 g/mol. The third kappa shape index (κ3) is 2.69. The van der Waals surface area contributed by atoms with Crippen LogP contribution in [0.15, 0.2) is 0 Å². The molecule has 0 saturated carbocycles. The van der Waals surface area contributed by atoms with Crippen LogP contribution in [-0.2, 0) is 4.79 Å². The van der Waals surface area contributed by atoms with E-state index in [1.807, 2.05) is 11.8 Å². The van der Waals surface area contributed by atoms with Gasteiger partial charge in [0.2, 0.25) is 5.91 Å². The van der Waals surface area contributed by atoms with Crippen molar-refractivity contribution in [2.45, 2.75) is 33.2 Å². The van der Waals surface area contributed by atoms with Gasteiger partial charge in [-0.25, -0.2) is 0 Å². The Hall–Kier alpha value is -0.570. The second kappa shape index (κ2) is 4.61. The maximum atomic E-state index is 11.5. The Balaban J connectivity index is 2.58. The largest absolute Gasteiger partial charge is 0.343 e. The molecule has 1 aliphatic heterocycles. The topological polar surface area (TPSA) is 32.3 Å². The Morgan fingerprint density at radius 2 is 2.23 bits per heavy atom. The van der Waals surface area contributed by atoms with Gasteiger partial charge in [-0.1, -0.05) is 6.92 Å². The predicted molar refractivity (Wildman–Crippen MR) is 53.5 cm³/mol. The molecule has 2 atom stereocenters. The molecule has 1 amide bonds. The summed E-state index contributed by atoms with van der Waals surface area (Å²) in [6.07, 6.45) is 0.644. The first kappa shape index (κ1) is 10.5. The lowest BCUT2D eigenvalue weighted by atomic mass is 10.0. The number of nitrogens with one attached hydrogen (secondary N) is 1. The molecular weight excluding hydrogens is 164 g/mol. The van der Waals surface area contributed by atoms with Crippen LogP contribution in [0, 0.1) is 5.92 Å². The maximum absolute atomic E-state index is 11.5. The molecule has 0 spiro atoms. The van der Waals surface area contributed by atoms with Crippen molar-refractivity contribution in [3.8, 4) is 0 Å². The van der Waals surface area contributed by atoms with Crippen molar-refractivity contribution in [2.24, 2.45) is 5.92 Å². The van der Waals surface area contributed by atoms with Crippen LogP contribution in [0.2, 0.25) is 0 Å². The molecule has 3 nitrogen and oxygen atoms in total. The highest BCUT2D eigenvalue weighted by Gasteiger charge is 2.21. The number of carbonyl (C=O) groups excluding carboxylic acids is 1. The van der Waals surface area contributed by atoms with E-state index in [0.717, 1.165) is 19.6 Å². The van der Waals surface area contributed by atoms with Crippen LogP contribution in [0.3, 0.4) is 0 Å². The first-order chi connectivity index (χ1) is 6.15. The molecule has 0 radical (unpaired) electrons. The minimum Gasteiger partial charge on any atom is -0.343 e. The van der Waals surface area contributed by atoms with Crippen LogP contribution >= 0.6 is 0 Å².